The number of nitrogens with one attached hydrogen (secondary N) is 4. The normalized spacial score (nSPS) is 10.9. The predicted octanol–water partition coefficient (Wildman–Crippen LogP) is 5.77. The number of carbonyl (C=O) groups is 4. The molecule has 0 aliphatic heterocycles. The van der Waals surface area contributed by atoms with Gasteiger partial charge in [-0.2, -0.15) is 10.2 Å². The van der Waals surface area contributed by atoms with E-state index in [0.717, 1.165) is 47.9 Å². The Morgan fingerprint density at radius 3 is 1.33 bits per heavy atom. The molecule has 4 aromatic carbocycles. The second kappa shape index (κ2) is 22.5. The molecule has 6 N–H and O–H groups in total. The minimum atomic E-state index is -0.409. The van der Waals surface area contributed by atoms with Crippen LogP contribution in [-0.2, 0) is 9.59 Å². The number of benzene rings is 4. The molecule has 282 valence electrons. The van der Waals surface area contributed by atoms with Gasteiger partial charge in [0.15, 0.2) is 0 Å². The van der Waals surface area contributed by atoms with Crippen LogP contribution in [0.3, 0.4) is 0 Å². The highest BCUT2D eigenvalue weighted by atomic mass is 16.5. The Hall–Kier alpha value is -6.38. The summed E-state index contributed by atoms with van der Waals surface area (Å²) in [5.74, 6) is -0.455. The largest absolute Gasteiger partial charge is 0.494 e. The summed E-state index contributed by atoms with van der Waals surface area (Å²) in [4.78, 5) is 47.4. The van der Waals surface area contributed by atoms with Crippen molar-refractivity contribution < 1.29 is 39.1 Å². The first kappa shape index (κ1) is 40.4. The Bertz CT molecular complexity index is 1740. The van der Waals surface area contributed by atoms with E-state index in [-0.39, 0.29) is 24.7 Å². The van der Waals surface area contributed by atoms with Gasteiger partial charge in [0.25, 0.3) is 11.8 Å². The molecular formula is C40H44N6O8. The fourth-order valence-corrected chi connectivity index (χ4v) is 5.06. The molecule has 0 aliphatic rings. The molecule has 0 unspecified atom stereocenters. The van der Waals surface area contributed by atoms with Gasteiger partial charge in [-0.1, -0.05) is 60.7 Å². The monoisotopic (exact) mass is 736 g/mol. The minimum absolute atomic E-state index is 0.254. The summed E-state index contributed by atoms with van der Waals surface area (Å²) in [7, 11) is 0. The molecule has 0 radical (unpaired) electrons. The lowest BCUT2D eigenvalue weighted by Gasteiger charge is -2.07. The fraction of sp³-hybridized carbons (Fsp3) is 0.250. The summed E-state index contributed by atoms with van der Waals surface area (Å²) in [6, 6.07) is 29.0. The highest BCUT2D eigenvalue weighted by Crippen LogP contribution is 2.20. The van der Waals surface area contributed by atoms with Crippen LogP contribution in [0.5, 0.6) is 11.5 Å². The third kappa shape index (κ3) is 14.3. The summed E-state index contributed by atoms with van der Waals surface area (Å²) in [6.07, 6.45) is 7.91. The van der Waals surface area contributed by atoms with Crippen molar-refractivity contribution in [2.24, 2.45) is 10.2 Å². The molecule has 0 fully saturated rings. The van der Waals surface area contributed by atoms with Crippen LogP contribution in [-0.4, -0.2) is 59.7 Å². The first-order chi connectivity index (χ1) is 26.3. The third-order valence-corrected chi connectivity index (χ3v) is 7.99. The molecule has 0 atom stereocenters. The van der Waals surface area contributed by atoms with Gasteiger partial charge in [0, 0.05) is 24.0 Å². The molecule has 54 heavy (non-hydrogen) atoms. The van der Waals surface area contributed by atoms with Gasteiger partial charge in [0.1, 0.15) is 11.5 Å². The summed E-state index contributed by atoms with van der Waals surface area (Å²) in [5.41, 5.74) is 12.7. The molecule has 0 aliphatic carbocycles. The quantitative estimate of drug-likeness (QED) is 0.0268. The number of hydroxylamine groups is 2. The number of nitrogens with zero attached hydrogens (tertiary/aromatic N) is 2. The van der Waals surface area contributed by atoms with Crippen LogP contribution in [0.1, 0.15) is 83.2 Å². The first-order valence-electron chi connectivity index (χ1n) is 17.5. The second-order valence-corrected chi connectivity index (χ2v) is 12.1. The second-order valence-electron chi connectivity index (χ2n) is 12.1. The molecule has 4 aromatic rings. The van der Waals surface area contributed by atoms with E-state index < -0.39 is 11.8 Å². The number of carbonyl (C=O) groups excluding carboxylic acids is 4. The highest BCUT2D eigenvalue weighted by molar-refractivity contribution is 5.96. The third-order valence-electron chi connectivity index (χ3n) is 7.99. The van der Waals surface area contributed by atoms with Crippen molar-refractivity contribution in [2.75, 3.05) is 13.2 Å². The molecule has 0 saturated carbocycles. The van der Waals surface area contributed by atoms with Crippen molar-refractivity contribution in [1.82, 2.24) is 21.8 Å². The fourth-order valence-electron chi connectivity index (χ4n) is 5.06. The number of amides is 4. The van der Waals surface area contributed by atoms with Crippen LogP contribution in [0, 0.1) is 0 Å². The van der Waals surface area contributed by atoms with Crippen molar-refractivity contribution in [3.05, 3.63) is 119 Å². The average molecular weight is 737 g/mol. The van der Waals surface area contributed by atoms with Crippen molar-refractivity contribution >= 4 is 36.1 Å². The lowest BCUT2D eigenvalue weighted by Crippen LogP contribution is -2.18. The van der Waals surface area contributed by atoms with E-state index in [2.05, 4.69) is 21.1 Å². The zero-order valence-corrected chi connectivity index (χ0v) is 29.7. The molecule has 0 saturated heterocycles. The van der Waals surface area contributed by atoms with Crippen molar-refractivity contribution in [2.45, 2.75) is 51.4 Å². The van der Waals surface area contributed by atoms with Gasteiger partial charge in [0.05, 0.1) is 25.6 Å². The van der Waals surface area contributed by atoms with Gasteiger partial charge in [0.2, 0.25) is 11.8 Å². The topological polar surface area (TPSA) is 200 Å². The molecule has 0 aromatic heterocycles. The molecule has 0 spiro atoms. The van der Waals surface area contributed by atoms with Gasteiger partial charge in [-0.15, -0.1) is 0 Å². The van der Waals surface area contributed by atoms with Crippen LogP contribution in [0.2, 0.25) is 0 Å². The number of ether oxygens (including phenoxy) is 2. The van der Waals surface area contributed by atoms with E-state index >= 15 is 0 Å². The lowest BCUT2D eigenvalue weighted by atomic mass is 10.0. The molecule has 4 rings (SSSR count). The lowest BCUT2D eigenvalue weighted by molar-refractivity contribution is -0.130. The first-order valence-corrected chi connectivity index (χ1v) is 17.5. The van der Waals surface area contributed by atoms with Crippen molar-refractivity contribution in [3.8, 4) is 22.6 Å². The van der Waals surface area contributed by atoms with E-state index in [1.807, 2.05) is 48.5 Å². The van der Waals surface area contributed by atoms with Gasteiger partial charge >= 0.3 is 0 Å². The van der Waals surface area contributed by atoms with Crippen LogP contribution < -0.4 is 31.3 Å². The Morgan fingerprint density at radius 2 is 0.944 bits per heavy atom. The maximum atomic E-state index is 12.6. The molecule has 14 nitrogen and oxygen atoms in total. The maximum Gasteiger partial charge on any atom is 0.271 e. The van der Waals surface area contributed by atoms with E-state index in [9.17, 15) is 19.2 Å². The summed E-state index contributed by atoms with van der Waals surface area (Å²) in [5, 5.41) is 25.2. The smallest absolute Gasteiger partial charge is 0.271 e. The van der Waals surface area contributed by atoms with Gasteiger partial charge in [-0.05, 0) is 97.2 Å². The predicted molar refractivity (Wildman–Crippen MR) is 203 cm³/mol. The molecule has 4 amide bonds. The number of rotatable bonds is 21. The van der Waals surface area contributed by atoms with E-state index in [0.29, 0.717) is 48.7 Å². The molecule has 0 heterocycles. The van der Waals surface area contributed by atoms with Crippen LogP contribution in [0.15, 0.2) is 107 Å². The van der Waals surface area contributed by atoms with E-state index in [4.69, 9.17) is 19.9 Å². The zero-order valence-electron chi connectivity index (χ0n) is 29.7. The number of unbranched alkanes of at least 4 members (excludes halogenated alkanes) is 4. The van der Waals surface area contributed by atoms with E-state index in [1.54, 1.807) is 71.9 Å². The number of hydrazone groups is 2. The zero-order chi connectivity index (χ0) is 38.4. The van der Waals surface area contributed by atoms with Gasteiger partial charge in [-0.25, -0.2) is 21.8 Å². The van der Waals surface area contributed by atoms with Gasteiger partial charge in [-0.3, -0.25) is 29.6 Å². The van der Waals surface area contributed by atoms with Gasteiger partial charge < -0.3 is 9.47 Å². The molecule has 14 heteroatoms. The maximum absolute atomic E-state index is 12.6. The number of hydrogen-bond acceptors (Lipinski definition) is 10. The summed E-state index contributed by atoms with van der Waals surface area (Å²) < 4.78 is 11.4. The average Bonchev–Trinajstić information content (AvgIpc) is 3.20. The Labute approximate surface area is 313 Å². The van der Waals surface area contributed by atoms with Crippen molar-refractivity contribution in [3.63, 3.8) is 0 Å². The Kier molecular flexibility index (Phi) is 16.9. The Morgan fingerprint density at radius 1 is 0.537 bits per heavy atom. The molecule has 0 bridgehead atoms. The minimum Gasteiger partial charge on any atom is -0.494 e. The van der Waals surface area contributed by atoms with Crippen LogP contribution in [0.4, 0.5) is 0 Å². The molecular weight excluding hydrogens is 692 g/mol. The summed E-state index contributed by atoms with van der Waals surface area (Å²) in [6.45, 7) is 0.877. The standard InChI is InChI=1S/C40H44N6O8/c47-37(45-51)13-3-1-5-23-53-35-11-7-9-33(25-35)39(49)43-41-27-29-15-19-31(20-16-29)32-21-17-30(18-22-32)28-42-44-40(50)34-10-8-12-36(26-34)54-24-6-2-4-14-38(48)46-52/h7-12,15-22,25-28,51-52H,1-6,13-14,23-24H2,(H,43,49)(H,44,50)(H,45,47)(H,46,48)/b41-27+,42-28+. The van der Waals surface area contributed by atoms with Crippen LogP contribution >= 0.6 is 0 Å². The van der Waals surface area contributed by atoms with Crippen molar-refractivity contribution in [1.29, 1.82) is 0 Å². The summed E-state index contributed by atoms with van der Waals surface area (Å²) >= 11 is 0. The van der Waals surface area contributed by atoms with E-state index in [1.165, 1.54) is 0 Å². The SMILES string of the molecule is O=C(CCCCCOc1cccc(C(=O)N/N=C/c2ccc(-c3ccc(/C=N/NC(=O)c4cccc(OCCCCCC(=O)NO)c4)cc3)cc2)c1)NO. The Balaban J connectivity index is 1.18. The highest BCUT2D eigenvalue weighted by Gasteiger charge is 2.08. The number of hydrogen-bond donors (Lipinski definition) is 6. The van der Waals surface area contributed by atoms with Crippen LogP contribution in [0.25, 0.3) is 11.1 Å².